The van der Waals surface area contributed by atoms with Gasteiger partial charge in [-0.2, -0.15) is 0 Å². The number of hydrogen-bond donors (Lipinski definition) is 0. The topological polar surface area (TPSA) is 22.1 Å². The van der Waals surface area contributed by atoms with Crippen molar-refractivity contribution in [2.24, 2.45) is 0 Å². The van der Waals surface area contributed by atoms with Gasteiger partial charge in [0.05, 0.1) is 9.99 Å². The first-order valence-electron chi connectivity index (χ1n) is 6.02. The minimum atomic E-state index is 0.807. The van der Waals surface area contributed by atoms with Crippen LogP contribution in [0, 0.1) is 6.92 Å². The number of nitrogens with zero attached hydrogens (tertiary/aromatic N) is 1. The third-order valence-corrected chi connectivity index (χ3v) is 3.54. The summed E-state index contributed by atoms with van der Waals surface area (Å²) >= 11 is 3.53. The summed E-state index contributed by atoms with van der Waals surface area (Å²) in [5.74, 6) is 1.62. The second-order valence-electron chi connectivity index (χ2n) is 4.36. The lowest BCUT2D eigenvalue weighted by Gasteiger charge is -2.10. The number of benzene rings is 2. The SMILES string of the molecule is Cc1ccc(Oc2ccnc3ccccc23)c(Br)c1. The maximum atomic E-state index is 5.99. The molecule has 3 heteroatoms. The third-order valence-electron chi connectivity index (χ3n) is 2.92. The fourth-order valence-electron chi connectivity index (χ4n) is 1.97. The van der Waals surface area contributed by atoms with Crippen LogP contribution in [0.4, 0.5) is 0 Å². The Balaban J connectivity index is 2.06. The van der Waals surface area contributed by atoms with Crippen LogP contribution in [-0.4, -0.2) is 4.98 Å². The van der Waals surface area contributed by atoms with Crippen molar-refractivity contribution in [1.29, 1.82) is 0 Å². The molecule has 0 saturated carbocycles. The van der Waals surface area contributed by atoms with E-state index in [-0.39, 0.29) is 0 Å². The first-order chi connectivity index (χ1) is 9.24. The Morgan fingerprint density at radius 2 is 1.84 bits per heavy atom. The van der Waals surface area contributed by atoms with Crippen molar-refractivity contribution in [3.05, 3.63) is 64.8 Å². The normalized spacial score (nSPS) is 10.6. The molecule has 94 valence electrons. The lowest BCUT2D eigenvalue weighted by Crippen LogP contribution is -1.88. The molecule has 2 nitrogen and oxygen atoms in total. The number of para-hydroxylation sites is 1. The second kappa shape index (κ2) is 5.02. The van der Waals surface area contributed by atoms with Crippen molar-refractivity contribution in [1.82, 2.24) is 4.98 Å². The molecule has 1 aromatic heterocycles. The summed E-state index contributed by atoms with van der Waals surface area (Å²) in [5, 5.41) is 1.01. The highest BCUT2D eigenvalue weighted by Gasteiger charge is 2.06. The van der Waals surface area contributed by atoms with Crippen LogP contribution in [0.15, 0.2) is 59.2 Å². The van der Waals surface area contributed by atoms with E-state index in [0.29, 0.717) is 0 Å². The van der Waals surface area contributed by atoms with Gasteiger partial charge in [0.25, 0.3) is 0 Å². The van der Waals surface area contributed by atoms with Crippen molar-refractivity contribution >= 4 is 26.8 Å². The van der Waals surface area contributed by atoms with Crippen LogP contribution in [0.1, 0.15) is 5.56 Å². The van der Waals surface area contributed by atoms with Crippen molar-refractivity contribution in [3.8, 4) is 11.5 Å². The lowest BCUT2D eigenvalue weighted by atomic mass is 10.2. The Labute approximate surface area is 120 Å². The van der Waals surface area contributed by atoms with E-state index in [4.69, 9.17) is 4.74 Å². The number of halogens is 1. The molecule has 0 spiro atoms. The first-order valence-corrected chi connectivity index (χ1v) is 6.81. The molecule has 0 radical (unpaired) electrons. The van der Waals surface area contributed by atoms with Gasteiger partial charge in [-0.1, -0.05) is 18.2 Å². The van der Waals surface area contributed by atoms with Gasteiger partial charge in [0.2, 0.25) is 0 Å². The van der Waals surface area contributed by atoms with Gasteiger partial charge in [-0.25, -0.2) is 0 Å². The standard InChI is InChI=1S/C16H12BrNO/c1-11-6-7-16(13(17)10-11)19-15-8-9-18-14-5-3-2-4-12(14)15/h2-10H,1H3. The number of pyridine rings is 1. The molecule has 0 atom stereocenters. The van der Waals surface area contributed by atoms with Crippen LogP contribution in [0.3, 0.4) is 0 Å². The van der Waals surface area contributed by atoms with Gasteiger partial charge in [-0.15, -0.1) is 0 Å². The van der Waals surface area contributed by atoms with Gasteiger partial charge in [-0.3, -0.25) is 4.98 Å². The summed E-state index contributed by atoms with van der Waals surface area (Å²) in [6, 6.07) is 15.9. The van der Waals surface area contributed by atoms with E-state index in [1.54, 1.807) is 6.20 Å². The minimum Gasteiger partial charge on any atom is -0.455 e. The van der Waals surface area contributed by atoms with E-state index in [1.807, 2.05) is 48.5 Å². The molecule has 0 aliphatic heterocycles. The highest BCUT2D eigenvalue weighted by Crippen LogP contribution is 2.33. The van der Waals surface area contributed by atoms with Gasteiger partial charge < -0.3 is 4.74 Å². The molecular weight excluding hydrogens is 302 g/mol. The largest absolute Gasteiger partial charge is 0.455 e. The first kappa shape index (κ1) is 12.2. The van der Waals surface area contributed by atoms with Gasteiger partial charge in [0, 0.05) is 11.6 Å². The molecule has 3 rings (SSSR count). The highest BCUT2D eigenvalue weighted by atomic mass is 79.9. The van der Waals surface area contributed by atoms with Crippen molar-refractivity contribution < 1.29 is 4.74 Å². The van der Waals surface area contributed by atoms with Crippen molar-refractivity contribution in [2.75, 3.05) is 0 Å². The molecule has 2 aromatic carbocycles. The van der Waals surface area contributed by atoms with Crippen LogP contribution in [0.5, 0.6) is 11.5 Å². The minimum absolute atomic E-state index is 0.807. The zero-order chi connectivity index (χ0) is 13.2. The van der Waals surface area contributed by atoms with E-state index < -0.39 is 0 Å². The molecule has 0 bridgehead atoms. The summed E-state index contributed by atoms with van der Waals surface area (Å²) in [6.07, 6.45) is 1.76. The lowest BCUT2D eigenvalue weighted by molar-refractivity contribution is 0.484. The predicted octanol–water partition coefficient (Wildman–Crippen LogP) is 5.10. The molecule has 1 heterocycles. The number of fused-ring (bicyclic) bond motifs is 1. The quantitative estimate of drug-likeness (QED) is 0.656. The number of ether oxygens (including phenoxy) is 1. The van der Waals surface area contributed by atoms with Gasteiger partial charge in [0.1, 0.15) is 11.5 Å². The van der Waals surface area contributed by atoms with Crippen LogP contribution in [0.2, 0.25) is 0 Å². The molecule has 3 aromatic rings. The van der Waals surface area contributed by atoms with E-state index in [9.17, 15) is 0 Å². The molecule has 0 amide bonds. The number of aromatic nitrogens is 1. The molecule has 0 unspecified atom stereocenters. The predicted molar refractivity (Wildman–Crippen MR) is 80.7 cm³/mol. The summed E-state index contributed by atoms with van der Waals surface area (Å²) < 4.78 is 6.94. The van der Waals surface area contributed by atoms with Crippen molar-refractivity contribution in [3.63, 3.8) is 0 Å². The Bertz CT molecular complexity index is 734. The van der Waals surface area contributed by atoms with Gasteiger partial charge in [-0.05, 0) is 58.7 Å². The molecule has 0 aliphatic rings. The summed E-state index contributed by atoms with van der Waals surface area (Å²) in [6.45, 7) is 2.05. The molecule has 0 saturated heterocycles. The fourth-order valence-corrected chi connectivity index (χ4v) is 2.54. The number of hydrogen-bond acceptors (Lipinski definition) is 2. The Kier molecular flexibility index (Phi) is 3.22. The highest BCUT2D eigenvalue weighted by molar-refractivity contribution is 9.10. The van der Waals surface area contributed by atoms with E-state index in [1.165, 1.54) is 5.56 Å². The van der Waals surface area contributed by atoms with Crippen LogP contribution in [0.25, 0.3) is 10.9 Å². The summed E-state index contributed by atoms with van der Waals surface area (Å²) in [5.41, 5.74) is 2.13. The van der Waals surface area contributed by atoms with Gasteiger partial charge in [0.15, 0.2) is 0 Å². The number of aryl methyl sites for hydroxylation is 1. The van der Waals surface area contributed by atoms with Crippen LogP contribution in [-0.2, 0) is 0 Å². The van der Waals surface area contributed by atoms with E-state index in [0.717, 1.165) is 26.9 Å². The monoisotopic (exact) mass is 313 g/mol. The summed E-state index contributed by atoms with van der Waals surface area (Å²) in [4.78, 5) is 4.33. The second-order valence-corrected chi connectivity index (χ2v) is 5.22. The smallest absolute Gasteiger partial charge is 0.141 e. The van der Waals surface area contributed by atoms with E-state index in [2.05, 4.69) is 27.8 Å². The van der Waals surface area contributed by atoms with Crippen molar-refractivity contribution in [2.45, 2.75) is 6.92 Å². The molecule has 0 aliphatic carbocycles. The average Bonchev–Trinajstić information content (AvgIpc) is 2.42. The van der Waals surface area contributed by atoms with E-state index >= 15 is 0 Å². The molecule has 0 N–H and O–H groups in total. The van der Waals surface area contributed by atoms with Crippen LogP contribution < -0.4 is 4.74 Å². The Morgan fingerprint density at radius 1 is 1.00 bits per heavy atom. The Hall–Kier alpha value is -1.87. The third kappa shape index (κ3) is 2.47. The maximum Gasteiger partial charge on any atom is 0.141 e. The zero-order valence-corrected chi connectivity index (χ0v) is 12.0. The molecular formula is C16H12BrNO. The fraction of sp³-hybridized carbons (Fsp3) is 0.0625. The molecule has 19 heavy (non-hydrogen) atoms. The maximum absolute atomic E-state index is 5.99. The molecule has 0 fully saturated rings. The zero-order valence-electron chi connectivity index (χ0n) is 10.4. The van der Waals surface area contributed by atoms with Gasteiger partial charge >= 0.3 is 0 Å². The summed E-state index contributed by atoms with van der Waals surface area (Å²) in [7, 11) is 0. The Morgan fingerprint density at radius 3 is 2.68 bits per heavy atom. The van der Waals surface area contributed by atoms with Crippen LogP contribution >= 0.6 is 15.9 Å². The number of rotatable bonds is 2. The average molecular weight is 314 g/mol.